The highest BCUT2D eigenvalue weighted by molar-refractivity contribution is 7.99. The number of hydrogen-bond acceptors (Lipinski definition) is 4. The van der Waals surface area contributed by atoms with Crippen LogP contribution in [0.2, 0.25) is 0 Å². The van der Waals surface area contributed by atoms with Crippen molar-refractivity contribution in [2.24, 2.45) is 0 Å². The minimum Gasteiger partial charge on any atom is -0.392 e. The second kappa shape index (κ2) is 5.06. The minimum atomic E-state index is 0.0739. The molecule has 0 spiro atoms. The Morgan fingerprint density at radius 1 is 1.56 bits per heavy atom. The highest BCUT2D eigenvalue weighted by atomic mass is 32.2. The van der Waals surface area contributed by atoms with Crippen LogP contribution in [0.15, 0.2) is 12.1 Å². The van der Waals surface area contributed by atoms with Crippen LogP contribution in [0.5, 0.6) is 0 Å². The highest BCUT2D eigenvalue weighted by Gasteiger charge is 2.20. The smallest absolute Gasteiger partial charge is 0.129 e. The van der Waals surface area contributed by atoms with Gasteiger partial charge < -0.3 is 10.0 Å². The van der Waals surface area contributed by atoms with Gasteiger partial charge in [0.05, 0.1) is 6.61 Å². The van der Waals surface area contributed by atoms with Crippen LogP contribution in [0.1, 0.15) is 18.2 Å². The molecule has 1 aromatic heterocycles. The molecule has 0 saturated carbocycles. The molecule has 4 heteroatoms. The van der Waals surface area contributed by atoms with Gasteiger partial charge >= 0.3 is 0 Å². The number of hydrogen-bond donors (Lipinski definition) is 1. The highest BCUT2D eigenvalue weighted by Crippen LogP contribution is 2.23. The Balaban J connectivity index is 2.22. The van der Waals surface area contributed by atoms with Crippen LogP contribution in [-0.4, -0.2) is 34.2 Å². The van der Waals surface area contributed by atoms with Gasteiger partial charge in [0.25, 0.3) is 0 Å². The van der Waals surface area contributed by atoms with Crippen molar-refractivity contribution in [3.63, 3.8) is 0 Å². The lowest BCUT2D eigenvalue weighted by Gasteiger charge is -2.34. The van der Waals surface area contributed by atoms with Crippen molar-refractivity contribution in [1.82, 2.24) is 4.98 Å². The van der Waals surface area contributed by atoms with Crippen LogP contribution in [0.3, 0.4) is 0 Å². The molecule has 0 aromatic carbocycles. The van der Waals surface area contributed by atoms with Crippen LogP contribution in [0.25, 0.3) is 0 Å². The molecule has 1 aliphatic rings. The quantitative estimate of drug-likeness (QED) is 0.852. The molecule has 1 fully saturated rings. The molecule has 1 N–H and O–H groups in total. The van der Waals surface area contributed by atoms with E-state index in [4.69, 9.17) is 5.11 Å². The molecular formula is C12H18N2OS. The lowest BCUT2D eigenvalue weighted by molar-refractivity contribution is 0.280. The van der Waals surface area contributed by atoms with Crippen molar-refractivity contribution in [1.29, 1.82) is 0 Å². The third-order valence-electron chi connectivity index (χ3n) is 3.01. The normalized spacial score (nSPS) is 21.2. The minimum absolute atomic E-state index is 0.0739. The largest absolute Gasteiger partial charge is 0.392 e. The number of aliphatic hydroxyl groups is 1. The molecule has 1 aliphatic heterocycles. The first-order valence-electron chi connectivity index (χ1n) is 5.64. The first-order valence-corrected chi connectivity index (χ1v) is 6.79. The molecular weight excluding hydrogens is 220 g/mol. The predicted molar refractivity (Wildman–Crippen MR) is 69.0 cm³/mol. The number of rotatable bonds is 2. The van der Waals surface area contributed by atoms with Gasteiger partial charge in [-0.3, -0.25) is 0 Å². The van der Waals surface area contributed by atoms with Gasteiger partial charge in [-0.25, -0.2) is 4.98 Å². The average Bonchev–Trinajstić information content (AvgIpc) is 2.29. The molecule has 1 saturated heterocycles. The predicted octanol–water partition coefficient (Wildman–Crippen LogP) is 1.82. The van der Waals surface area contributed by atoms with Gasteiger partial charge in [-0.2, -0.15) is 11.8 Å². The van der Waals surface area contributed by atoms with Crippen LogP contribution in [-0.2, 0) is 6.61 Å². The van der Waals surface area contributed by atoms with E-state index >= 15 is 0 Å². The SMILES string of the molecule is Cc1nc(N2CCSCC2C)ccc1CO. The number of aliphatic hydroxyl groups excluding tert-OH is 1. The van der Waals surface area contributed by atoms with E-state index in [1.165, 1.54) is 11.5 Å². The summed E-state index contributed by atoms with van der Waals surface area (Å²) in [7, 11) is 0. The summed E-state index contributed by atoms with van der Waals surface area (Å²) < 4.78 is 0. The second-order valence-corrected chi connectivity index (χ2v) is 5.34. The van der Waals surface area contributed by atoms with Crippen LogP contribution < -0.4 is 4.90 Å². The number of aromatic nitrogens is 1. The van der Waals surface area contributed by atoms with E-state index in [0.29, 0.717) is 6.04 Å². The van der Waals surface area contributed by atoms with Crippen molar-refractivity contribution < 1.29 is 5.11 Å². The van der Waals surface area contributed by atoms with Gasteiger partial charge in [0, 0.05) is 29.8 Å². The van der Waals surface area contributed by atoms with Crippen molar-refractivity contribution in [2.75, 3.05) is 23.0 Å². The number of aryl methyl sites for hydroxylation is 1. The maximum absolute atomic E-state index is 9.11. The first-order chi connectivity index (χ1) is 7.72. The molecule has 0 amide bonds. The number of pyridine rings is 1. The molecule has 2 rings (SSSR count). The van der Waals surface area contributed by atoms with Crippen molar-refractivity contribution in [3.8, 4) is 0 Å². The molecule has 3 nitrogen and oxygen atoms in total. The van der Waals surface area contributed by atoms with Gasteiger partial charge in [-0.1, -0.05) is 6.07 Å². The van der Waals surface area contributed by atoms with E-state index in [1.54, 1.807) is 0 Å². The van der Waals surface area contributed by atoms with Gasteiger partial charge in [0.15, 0.2) is 0 Å². The molecule has 1 atom stereocenters. The standard InChI is InChI=1S/C12H18N2OS/c1-9-8-16-6-5-14(9)12-4-3-11(7-15)10(2)13-12/h3-4,9,15H,5-8H2,1-2H3. The Morgan fingerprint density at radius 3 is 3.00 bits per heavy atom. The molecule has 1 aromatic rings. The van der Waals surface area contributed by atoms with Gasteiger partial charge in [-0.15, -0.1) is 0 Å². The summed E-state index contributed by atoms with van der Waals surface area (Å²) in [6.07, 6.45) is 0. The van der Waals surface area contributed by atoms with E-state index in [2.05, 4.69) is 16.8 Å². The zero-order valence-electron chi connectivity index (χ0n) is 9.81. The fraction of sp³-hybridized carbons (Fsp3) is 0.583. The van der Waals surface area contributed by atoms with Crippen molar-refractivity contribution in [2.45, 2.75) is 26.5 Å². The van der Waals surface area contributed by atoms with Crippen LogP contribution in [0.4, 0.5) is 5.82 Å². The summed E-state index contributed by atoms with van der Waals surface area (Å²) in [5.41, 5.74) is 1.85. The Bertz CT molecular complexity index is 370. The molecule has 1 unspecified atom stereocenters. The maximum atomic E-state index is 9.11. The topological polar surface area (TPSA) is 36.4 Å². The molecule has 2 heterocycles. The Kier molecular flexibility index (Phi) is 3.71. The third kappa shape index (κ3) is 2.33. The summed E-state index contributed by atoms with van der Waals surface area (Å²) in [6.45, 7) is 5.34. The number of anilines is 1. The third-order valence-corrected chi connectivity index (χ3v) is 4.20. The van der Waals surface area contributed by atoms with Crippen molar-refractivity contribution in [3.05, 3.63) is 23.4 Å². The Morgan fingerprint density at radius 2 is 2.38 bits per heavy atom. The zero-order valence-corrected chi connectivity index (χ0v) is 10.6. The number of nitrogens with zero attached hydrogens (tertiary/aromatic N) is 2. The Hall–Kier alpha value is -0.740. The summed E-state index contributed by atoms with van der Waals surface area (Å²) in [6, 6.07) is 4.54. The summed E-state index contributed by atoms with van der Waals surface area (Å²) in [5.74, 6) is 3.39. The summed E-state index contributed by atoms with van der Waals surface area (Å²) in [5, 5.41) is 9.11. The maximum Gasteiger partial charge on any atom is 0.129 e. The lowest BCUT2D eigenvalue weighted by atomic mass is 10.2. The van der Waals surface area contributed by atoms with Gasteiger partial charge in [0.1, 0.15) is 5.82 Å². The second-order valence-electron chi connectivity index (χ2n) is 4.19. The average molecular weight is 238 g/mol. The molecule has 0 bridgehead atoms. The lowest BCUT2D eigenvalue weighted by Crippen LogP contribution is -2.41. The molecule has 16 heavy (non-hydrogen) atoms. The number of thioether (sulfide) groups is 1. The van der Waals surface area contributed by atoms with Crippen LogP contribution in [0, 0.1) is 6.92 Å². The first kappa shape index (κ1) is 11.7. The fourth-order valence-corrected chi connectivity index (χ4v) is 2.98. The summed E-state index contributed by atoms with van der Waals surface area (Å²) in [4.78, 5) is 6.93. The van der Waals surface area contributed by atoms with E-state index in [0.717, 1.165) is 23.6 Å². The summed E-state index contributed by atoms with van der Waals surface area (Å²) >= 11 is 2.00. The Labute approximate surface area is 101 Å². The van der Waals surface area contributed by atoms with E-state index < -0.39 is 0 Å². The fourth-order valence-electron chi connectivity index (χ4n) is 1.97. The van der Waals surface area contributed by atoms with E-state index in [1.807, 2.05) is 30.8 Å². The molecule has 88 valence electrons. The van der Waals surface area contributed by atoms with Crippen LogP contribution >= 0.6 is 11.8 Å². The van der Waals surface area contributed by atoms with Crippen molar-refractivity contribution >= 4 is 17.6 Å². The zero-order chi connectivity index (χ0) is 11.5. The molecule has 0 aliphatic carbocycles. The van der Waals surface area contributed by atoms with Gasteiger partial charge in [-0.05, 0) is 25.5 Å². The molecule has 0 radical (unpaired) electrons. The van der Waals surface area contributed by atoms with Gasteiger partial charge in [0.2, 0.25) is 0 Å². The monoisotopic (exact) mass is 238 g/mol. The van der Waals surface area contributed by atoms with E-state index in [9.17, 15) is 0 Å². The van der Waals surface area contributed by atoms with E-state index in [-0.39, 0.29) is 6.61 Å².